The highest BCUT2D eigenvalue weighted by Gasteiger charge is 2.04. The average Bonchev–Trinajstić information content (AvgIpc) is 2.53. The molecule has 0 radical (unpaired) electrons. The van der Waals surface area contributed by atoms with Crippen LogP contribution in [0.15, 0.2) is 42.5 Å². The van der Waals surface area contributed by atoms with Gasteiger partial charge in [-0.15, -0.1) is 0 Å². The van der Waals surface area contributed by atoms with Gasteiger partial charge in [-0.25, -0.2) is 0 Å². The molecule has 0 aromatic heterocycles. The summed E-state index contributed by atoms with van der Waals surface area (Å²) in [5.74, 6) is 0.156. The van der Waals surface area contributed by atoms with Crippen molar-refractivity contribution in [3.8, 4) is 11.5 Å². The van der Waals surface area contributed by atoms with E-state index >= 15 is 0 Å². The van der Waals surface area contributed by atoms with Crippen LogP contribution in [0.3, 0.4) is 0 Å². The van der Waals surface area contributed by atoms with Gasteiger partial charge in [0, 0.05) is 22.7 Å². The Labute approximate surface area is 144 Å². The summed E-state index contributed by atoms with van der Waals surface area (Å²) in [4.78, 5) is 11.8. The van der Waals surface area contributed by atoms with E-state index in [2.05, 4.69) is 5.32 Å². The lowest BCUT2D eigenvalue weighted by molar-refractivity contribution is -0.116. The van der Waals surface area contributed by atoms with Crippen LogP contribution in [-0.4, -0.2) is 18.1 Å². The summed E-state index contributed by atoms with van der Waals surface area (Å²) >= 11 is 11.8. The van der Waals surface area contributed by atoms with E-state index in [-0.39, 0.29) is 11.7 Å². The van der Waals surface area contributed by atoms with Crippen LogP contribution in [0.1, 0.15) is 11.1 Å². The molecule has 23 heavy (non-hydrogen) atoms. The van der Waals surface area contributed by atoms with Crippen LogP contribution in [0.4, 0.5) is 0 Å². The fraction of sp³-hybridized carbons (Fsp3) is 0.118. The molecule has 0 fully saturated rings. The molecule has 0 heterocycles. The van der Waals surface area contributed by atoms with Gasteiger partial charge in [0.15, 0.2) is 11.5 Å². The van der Waals surface area contributed by atoms with E-state index in [1.54, 1.807) is 36.4 Å². The Kier molecular flexibility index (Phi) is 5.90. The first-order valence-corrected chi connectivity index (χ1v) is 7.52. The lowest BCUT2D eigenvalue weighted by atomic mass is 10.2. The third-order valence-corrected chi connectivity index (χ3v) is 3.65. The number of benzene rings is 2. The minimum atomic E-state index is -0.261. The number of hydrogen-bond acceptors (Lipinski definition) is 3. The van der Waals surface area contributed by atoms with Gasteiger partial charge < -0.3 is 15.2 Å². The van der Waals surface area contributed by atoms with Crippen molar-refractivity contribution in [2.24, 2.45) is 0 Å². The highest BCUT2D eigenvalue weighted by molar-refractivity contribution is 6.35. The topological polar surface area (TPSA) is 58.6 Å². The molecular weight excluding hydrogens is 337 g/mol. The van der Waals surface area contributed by atoms with E-state index in [1.165, 1.54) is 19.3 Å². The van der Waals surface area contributed by atoms with Gasteiger partial charge in [-0.3, -0.25) is 4.79 Å². The number of hydrogen-bond donors (Lipinski definition) is 2. The van der Waals surface area contributed by atoms with Crippen molar-refractivity contribution < 1.29 is 14.6 Å². The number of halogens is 2. The number of carbonyl (C=O) groups is 1. The minimum Gasteiger partial charge on any atom is -0.504 e. The van der Waals surface area contributed by atoms with Crippen LogP contribution < -0.4 is 10.1 Å². The molecule has 0 saturated carbocycles. The molecule has 0 unspecified atom stereocenters. The van der Waals surface area contributed by atoms with Gasteiger partial charge in [0.2, 0.25) is 5.91 Å². The van der Waals surface area contributed by atoms with Gasteiger partial charge in [-0.1, -0.05) is 35.3 Å². The highest BCUT2D eigenvalue weighted by atomic mass is 35.5. The van der Waals surface area contributed by atoms with Gasteiger partial charge in [-0.05, 0) is 41.5 Å². The van der Waals surface area contributed by atoms with E-state index < -0.39 is 0 Å². The van der Waals surface area contributed by atoms with E-state index in [4.69, 9.17) is 27.9 Å². The van der Waals surface area contributed by atoms with Crippen molar-refractivity contribution in [3.63, 3.8) is 0 Å². The van der Waals surface area contributed by atoms with Crippen LogP contribution >= 0.6 is 23.2 Å². The molecule has 2 aromatic rings. The molecule has 0 saturated heterocycles. The number of nitrogens with one attached hydrogen (secondary N) is 1. The highest BCUT2D eigenvalue weighted by Crippen LogP contribution is 2.26. The zero-order valence-electron chi connectivity index (χ0n) is 12.3. The van der Waals surface area contributed by atoms with Crippen molar-refractivity contribution in [1.29, 1.82) is 0 Å². The first kappa shape index (κ1) is 17.2. The summed E-state index contributed by atoms with van der Waals surface area (Å²) in [6, 6.07) is 9.94. The SMILES string of the molecule is COc1cc(CNC(=O)/C=C/c2ccc(Cl)cc2Cl)ccc1O. The fourth-order valence-corrected chi connectivity index (χ4v) is 2.35. The molecule has 2 aromatic carbocycles. The second-order valence-corrected chi connectivity index (χ2v) is 5.57. The second kappa shape index (κ2) is 7.90. The van der Waals surface area contributed by atoms with Crippen LogP contribution in [0.2, 0.25) is 10.0 Å². The maximum atomic E-state index is 11.8. The van der Waals surface area contributed by atoms with Crippen molar-refractivity contribution in [3.05, 3.63) is 63.6 Å². The molecule has 0 aliphatic carbocycles. The van der Waals surface area contributed by atoms with Crippen molar-refractivity contribution >= 4 is 35.2 Å². The molecule has 120 valence electrons. The molecule has 0 spiro atoms. The quantitative estimate of drug-likeness (QED) is 0.799. The monoisotopic (exact) mass is 351 g/mol. The van der Waals surface area contributed by atoms with E-state index in [9.17, 15) is 9.90 Å². The number of rotatable bonds is 5. The summed E-state index contributed by atoms with van der Waals surface area (Å²) in [5.41, 5.74) is 1.52. The first-order chi connectivity index (χ1) is 11.0. The Morgan fingerprint density at radius 3 is 2.74 bits per heavy atom. The number of phenols is 1. The summed E-state index contributed by atoms with van der Waals surface area (Å²) in [5, 5.41) is 13.3. The molecule has 0 atom stereocenters. The fourth-order valence-electron chi connectivity index (χ4n) is 1.88. The van der Waals surface area contributed by atoms with Gasteiger partial charge in [0.25, 0.3) is 0 Å². The number of amides is 1. The summed E-state index contributed by atoms with van der Waals surface area (Å²) in [6.07, 6.45) is 3.01. The lowest BCUT2D eigenvalue weighted by Gasteiger charge is -2.07. The Bertz CT molecular complexity index is 745. The standard InChI is InChI=1S/C17H15Cl2NO3/c1-23-16-8-11(2-6-15(16)21)10-20-17(22)7-4-12-3-5-13(18)9-14(12)19/h2-9,21H,10H2,1H3,(H,20,22)/b7-4+. The largest absolute Gasteiger partial charge is 0.504 e. The minimum absolute atomic E-state index is 0.0554. The molecule has 4 nitrogen and oxygen atoms in total. The number of carbonyl (C=O) groups excluding carboxylic acids is 1. The van der Waals surface area contributed by atoms with Crippen LogP contribution in [0.25, 0.3) is 6.08 Å². The number of ether oxygens (including phenoxy) is 1. The first-order valence-electron chi connectivity index (χ1n) is 6.76. The Morgan fingerprint density at radius 1 is 1.26 bits per heavy atom. The van der Waals surface area contributed by atoms with Crippen molar-refractivity contribution in [2.75, 3.05) is 7.11 Å². The Morgan fingerprint density at radius 2 is 2.04 bits per heavy atom. The summed E-state index contributed by atoms with van der Waals surface area (Å²) in [6.45, 7) is 0.314. The van der Waals surface area contributed by atoms with Crippen LogP contribution in [0, 0.1) is 0 Å². The average molecular weight is 352 g/mol. The van der Waals surface area contributed by atoms with Crippen molar-refractivity contribution in [1.82, 2.24) is 5.32 Å². The van der Waals surface area contributed by atoms with Gasteiger partial charge >= 0.3 is 0 Å². The summed E-state index contributed by atoms with van der Waals surface area (Å²) < 4.78 is 5.02. The predicted molar refractivity (Wildman–Crippen MR) is 92.0 cm³/mol. The third-order valence-electron chi connectivity index (χ3n) is 3.09. The van der Waals surface area contributed by atoms with Crippen LogP contribution in [-0.2, 0) is 11.3 Å². The van der Waals surface area contributed by atoms with E-state index in [0.29, 0.717) is 27.9 Å². The van der Waals surface area contributed by atoms with Gasteiger partial charge in [0.1, 0.15) is 0 Å². The summed E-state index contributed by atoms with van der Waals surface area (Å²) in [7, 11) is 1.47. The zero-order chi connectivity index (χ0) is 16.8. The molecule has 2 N–H and O–H groups in total. The van der Waals surface area contributed by atoms with E-state index in [1.807, 2.05) is 0 Å². The van der Waals surface area contributed by atoms with Gasteiger partial charge in [0.05, 0.1) is 7.11 Å². The van der Waals surface area contributed by atoms with Crippen LogP contribution in [0.5, 0.6) is 11.5 Å². The molecular formula is C17H15Cl2NO3. The number of aromatic hydroxyl groups is 1. The predicted octanol–water partition coefficient (Wildman–Crippen LogP) is 4.04. The number of phenolic OH excluding ortho intramolecular Hbond substituents is 1. The maximum absolute atomic E-state index is 11.8. The molecule has 6 heteroatoms. The molecule has 0 aliphatic heterocycles. The van der Waals surface area contributed by atoms with Crippen molar-refractivity contribution in [2.45, 2.75) is 6.54 Å². The normalized spacial score (nSPS) is 10.7. The molecule has 1 amide bonds. The Hall–Kier alpha value is -2.17. The zero-order valence-corrected chi connectivity index (χ0v) is 13.9. The smallest absolute Gasteiger partial charge is 0.244 e. The molecule has 0 aliphatic rings. The second-order valence-electron chi connectivity index (χ2n) is 4.72. The maximum Gasteiger partial charge on any atom is 0.244 e. The Balaban J connectivity index is 1.96. The number of methoxy groups -OCH3 is 1. The molecule has 2 rings (SSSR count). The van der Waals surface area contributed by atoms with Gasteiger partial charge in [-0.2, -0.15) is 0 Å². The molecule has 0 bridgehead atoms. The third kappa shape index (κ3) is 4.91. The van der Waals surface area contributed by atoms with E-state index in [0.717, 1.165) is 5.56 Å². The lowest BCUT2D eigenvalue weighted by Crippen LogP contribution is -2.20.